The standard InChI is InChI=1S/C22H36N2O2/c1-17(2)20-15-22(11-14-26-20,19-9-7-18(3)8-10-19)16-21(25)23-12-6-13-24(4)5/h7-10,17,20H,6,11-16H2,1-5H3,(H,23,25)/p+1/t20-,22-/m0/s1. The van der Waals surface area contributed by atoms with Crippen molar-refractivity contribution in [3.05, 3.63) is 35.4 Å². The Kier molecular flexibility index (Phi) is 7.66. The summed E-state index contributed by atoms with van der Waals surface area (Å²) < 4.78 is 6.01. The van der Waals surface area contributed by atoms with E-state index in [2.05, 4.69) is 64.4 Å². The Balaban J connectivity index is 2.10. The van der Waals surface area contributed by atoms with Gasteiger partial charge in [-0.3, -0.25) is 4.79 Å². The minimum Gasteiger partial charge on any atom is -0.378 e. The normalized spacial score (nSPS) is 23.4. The molecule has 1 amide bonds. The third-order valence-electron chi connectivity index (χ3n) is 5.59. The highest BCUT2D eigenvalue weighted by molar-refractivity contribution is 5.77. The lowest BCUT2D eigenvalue weighted by Gasteiger charge is -2.42. The average Bonchev–Trinajstić information content (AvgIpc) is 2.59. The Morgan fingerprint density at radius 2 is 2.00 bits per heavy atom. The number of nitrogens with one attached hydrogen (secondary N) is 2. The maximum atomic E-state index is 12.7. The topological polar surface area (TPSA) is 42.8 Å². The number of benzene rings is 1. The van der Waals surface area contributed by atoms with Gasteiger partial charge in [0.05, 0.1) is 26.7 Å². The number of rotatable bonds is 8. The van der Waals surface area contributed by atoms with E-state index in [4.69, 9.17) is 4.74 Å². The number of carbonyl (C=O) groups excluding carboxylic acids is 1. The van der Waals surface area contributed by atoms with Crippen LogP contribution in [0, 0.1) is 12.8 Å². The Labute approximate surface area is 159 Å². The van der Waals surface area contributed by atoms with Crippen LogP contribution in [0.15, 0.2) is 24.3 Å². The van der Waals surface area contributed by atoms with Gasteiger partial charge in [-0.1, -0.05) is 43.7 Å². The van der Waals surface area contributed by atoms with Gasteiger partial charge in [0.25, 0.3) is 0 Å². The zero-order valence-corrected chi connectivity index (χ0v) is 17.2. The van der Waals surface area contributed by atoms with Gasteiger partial charge in [-0.15, -0.1) is 0 Å². The number of ether oxygens (including phenoxy) is 1. The molecule has 2 rings (SSSR count). The second-order valence-electron chi connectivity index (χ2n) is 8.59. The SMILES string of the molecule is Cc1ccc([C@@]2(CC(=O)NCCC[NH+](C)C)CCO[C@H](C(C)C)C2)cc1. The van der Waals surface area contributed by atoms with Crippen LogP contribution in [0.1, 0.15) is 50.7 Å². The molecule has 2 N–H and O–H groups in total. The van der Waals surface area contributed by atoms with Crippen LogP contribution in [0.25, 0.3) is 0 Å². The maximum absolute atomic E-state index is 12.7. The van der Waals surface area contributed by atoms with Crippen molar-refractivity contribution >= 4 is 5.91 Å². The van der Waals surface area contributed by atoms with Gasteiger partial charge in [0.15, 0.2) is 0 Å². The van der Waals surface area contributed by atoms with Crippen LogP contribution in [-0.2, 0) is 14.9 Å². The van der Waals surface area contributed by atoms with Crippen molar-refractivity contribution in [2.75, 3.05) is 33.8 Å². The molecule has 0 radical (unpaired) electrons. The van der Waals surface area contributed by atoms with Gasteiger partial charge in [0.1, 0.15) is 0 Å². The fraction of sp³-hybridized carbons (Fsp3) is 0.682. The van der Waals surface area contributed by atoms with Crippen molar-refractivity contribution in [1.29, 1.82) is 0 Å². The summed E-state index contributed by atoms with van der Waals surface area (Å²) in [5.41, 5.74) is 2.43. The summed E-state index contributed by atoms with van der Waals surface area (Å²) in [6.07, 6.45) is 3.62. The fourth-order valence-corrected chi connectivity index (χ4v) is 3.85. The lowest BCUT2D eigenvalue weighted by Crippen LogP contribution is -3.05. The molecule has 0 aliphatic carbocycles. The van der Waals surface area contributed by atoms with Crippen LogP contribution < -0.4 is 10.2 Å². The predicted molar refractivity (Wildman–Crippen MR) is 107 cm³/mol. The first-order valence-corrected chi connectivity index (χ1v) is 10.1. The minimum absolute atomic E-state index is 0.113. The molecule has 146 valence electrons. The van der Waals surface area contributed by atoms with Crippen molar-refractivity contribution < 1.29 is 14.4 Å². The molecule has 0 unspecified atom stereocenters. The first-order valence-electron chi connectivity index (χ1n) is 10.1. The smallest absolute Gasteiger partial charge is 0.220 e. The van der Waals surface area contributed by atoms with Gasteiger partial charge >= 0.3 is 0 Å². The second-order valence-corrected chi connectivity index (χ2v) is 8.59. The summed E-state index contributed by atoms with van der Waals surface area (Å²) in [4.78, 5) is 14.1. The number of carbonyl (C=O) groups is 1. The van der Waals surface area contributed by atoms with Crippen LogP contribution in [0.2, 0.25) is 0 Å². The third kappa shape index (κ3) is 5.82. The van der Waals surface area contributed by atoms with Gasteiger partial charge in [-0.25, -0.2) is 0 Å². The Hall–Kier alpha value is -1.39. The van der Waals surface area contributed by atoms with E-state index in [1.54, 1.807) is 0 Å². The zero-order chi connectivity index (χ0) is 19.2. The van der Waals surface area contributed by atoms with E-state index in [0.717, 1.165) is 39.0 Å². The van der Waals surface area contributed by atoms with Crippen molar-refractivity contribution in [1.82, 2.24) is 5.32 Å². The molecule has 4 nitrogen and oxygen atoms in total. The van der Waals surface area contributed by atoms with E-state index < -0.39 is 0 Å². The van der Waals surface area contributed by atoms with Crippen molar-refractivity contribution in [3.63, 3.8) is 0 Å². The zero-order valence-electron chi connectivity index (χ0n) is 17.2. The number of hydrogen-bond acceptors (Lipinski definition) is 2. The van der Waals surface area contributed by atoms with Gasteiger partial charge in [-0.05, 0) is 31.2 Å². The van der Waals surface area contributed by atoms with E-state index in [1.807, 2.05) is 0 Å². The molecule has 1 aliphatic heterocycles. The van der Waals surface area contributed by atoms with E-state index in [-0.39, 0.29) is 17.4 Å². The first kappa shape index (κ1) is 20.9. The Bertz CT molecular complexity index is 568. The molecular formula is C22H37N2O2+. The number of aryl methyl sites for hydroxylation is 1. The average molecular weight is 362 g/mol. The van der Waals surface area contributed by atoms with Crippen LogP contribution >= 0.6 is 0 Å². The molecule has 0 saturated carbocycles. The summed E-state index contributed by atoms with van der Waals surface area (Å²) in [6.45, 7) is 9.09. The van der Waals surface area contributed by atoms with Gasteiger partial charge in [-0.2, -0.15) is 0 Å². The number of quaternary nitrogens is 1. The highest BCUT2D eigenvalue weighted by Gasteiger charge is 2.41. The second kappa shape index (κ2) is 9.52. The molecule has 1 saturated heterocycles. The van der Waals surface area contributed by atoms with Crippen LogP contribution in [0.5, 0.6) is 0 Å². The van der Waals surface area contributed by atoms with Gasteiger partial charge in [0, 0.05) is 31.4 Å². The van der Waals surface area contributed by atoms with Gasteiger partial charge in [0.2, 0.25) is 5.91 Å². The Morgan fingerprint density at radius 1 is 1.31 bits per heavy atom. The number of hydrogen-bond donors (Lipinski definition) is 2. The molecule has 1 aromatic carbocycles. The highest BCUT2D eigenvalue weighted by Crippen LogP contribution is 2.42. The minimum atomic E-state index is -0.113. The summed E-state index contributed by atoms with van der Waals surface area (Å²) >= 11 is 0. The molecular weight excluding hydrogens is 324 g/mol. The van der Waals surface area contributed by atoms with E-state index in [1.165, 1.54) is 16.0 Å². The molecule has 0 spiro atoms. The number of amides is 1. The quantitative estimate of drug-likeness (QED) is 0.697. The highest BCUT2D eigenvalue weighted by atomic mass is 16.5. The summed E-state index contributed by atoms with van der Waals surface area (Å²) in [6, 6.07) is 8.74. The molecule has 2 atom stereocenters. The van der Waals surface area contributed by atoms with Crippen molar-refractivity contribution in [3.8, 4) is 0 Å². The van der Waals surface area contributed by atoms with E-state index in [9.17, 15) is 4.79 Å². The summed E-state index contributed by atoms with van der Waals surface area (Å²) in [7, 11) is 4.28. The predicted octanol–water partition coefficient (Wildman–Crippen LogP) is 2.11. The lowest BCUT2D eigenvalue weighted by molar-refractivity contribution is -0.858. The summed E-state index contributed by atoms with van der Waals surface area (Å²) in [5, 5.41) is 3.14. The largest absolute Gasteiger partial charge is 0.378 e. The van der Waals surface area contributed by atoms with Crippen molar-refractivity contribution in [2.45, 2.75) is 58.0 Å². The molecule has 1 fully saturated rings. The lowest BCUT2D eigenvalue weighted by atomic mass is 9.68. The summed E-state index contributed by atoms with van der Waals surface area (Å²) in [5.74, 6) is 0.634. The molecule has 0 bridgehead atoms. The van der Waals surface area contributed by atoms with Crippen molar-refractivity contribution in [2.24, 2.45) is 5.92 Å². The monoisotopic (exact) mass is 361 g/mol. The third-order valence-corrected chi connectivity index (χ3v) is 5.59. The van der Waals surface area contributed by atoms with Crippen LogP contribution in [0.3, 0.4) is 0 Å². The maximum Gasteiger partial charge on any atom is 0.220 e. The first-order chi connectivity index (χ1) is 12.3. The van der Waals surface area contributed by atoms with E-state index >= 15 is 0 Å². The molecule has 1 aromatic rings. The molecule has 1 aliphatic rings. The molecule has 0 aromatic heterocycles. The van der Waals surface area contributed by atoms with Gasteiger partial charge < -0.3 is 15.0 Å². The van der Waals surface area contributed by atoms with E-state index in [0.29, 0.717) is 12.3 Å². The molecule has 26 heavy (non-hydrogen) atoms. The Morgan fingerprint density at radius 3 is 2.62 bits per heavy atom. The molecule has 1 heterocycles. The van der Waals surface area contributed by atoms with Crippen LogP contribution in [0.4, 0.5) is 0 Å². The fourth-order valence-electron chi connectivity index (χ4n) is 3.85. The van der Waals surface area contributed by atoms with Crippen LogP contribution in [-0.4, -0.2) is 45.8 Å². The molecule has 4 heteroatoms.